The lowest BCUT2D eigenvalue weighted by Crippen LogP contribution is -2.40. The number of nitrogens with one attached hydrogen (secondary N) is 1. The Balaban J connectivity index is 1.39. The fraction of sp³-hybridized carbons (Fsp3) is 0.550. The first kappa shape index (κ1) is 21.0. The first-order chi connectivity index (χ1) is 14.3. The third-order valence-corrected chi connectivity index (χ3v) is 7.19. The number of amides is 1. The van der Waals surface area contributed by atoms with E-state index in [4.69, 9.17) is 9.26 Å². The molecule has 1 aliphatic heterocycles. The van der Waals surface area contributed by atoms with E-state index in [0.717, 1.165) is 5.56 Å². The Labute approximate surface area is 175 Å². The van der Waals surface area contributed by atoms with E-state index in [1.165, 1.54) is 10.6 Å². The molecule has 1 saturated heterocycles. The second kappa shape index (κ2) is 8.09. The minimum absolute atomic E-state index is 0.00242. The standard InChI is InChI=1S/C20H26N4O5S/c1-14-21-19(29-23-14)20-9-17(8-16(20)10-24(13-20)30(2,26)27)22-18(25)12-28-11-15-6-4-3-5-7-15/h3-7,16-17H,8-13H2,1-2H3,(H,22,25)/t16-,17-,20-/m0/s1. The number of carbonyl (C=O) groups excluding carboxylic acids is 1. The second-order valence-electron chi connectivity index (χ2n) is 8.24. The zero-order valence-electron chi connectivity index (χ0n) is 17.1. The van der Waals surface area contributed by atoms with E-state index in [2.05, 4.69) is 15.5 Å². The van der Waals surface area contributed by atoms with Gasteiger partial charge in [0.2, 0.25) is 21.8 Å². The number of carbonyl (C=O) groups is 1. The van der Waals surface area contributed by atoms with Crippen molar-refractivity contribution in [2.24, 2.45) is 5.92 Å². The number of benzene rings is 1. The summed E-state index contributed by atoms with van der Waals surface area (Å²) in [5, 5.41) is 6.92. The van der Waals surface area contributed by atoms with Crippen LogP contribution < -0.4 is 5.32 Å². The predicted octanol–water partition coefficient (Wildman–Crippen LogP) is 1.00. The van der Waals surface area contributed by atoms with Gasteiger partial charge >= 0.3 is 0 Å². The van der Waals surface area contributed by atoms with Crippen LogP contribution in [0.4, 0.5) is 0 Å². The Morgan fingerprint density at radius 3 is 2.80 bits per heavy atom. The highest BCUT2D eigenvalue weighted by atomic mass is 32.2. The molecular weight excluding hydrogens is 408 g/mol. The van der Waals surface area contributed by atoms with Crippen molar-refractivity contribution in [3.63, 3.8) is 0 Å². The normalized spacial score (nSPS) is 26.6. The lowest BCUT2D eigenvalue weighted by atomic mass is 9.80. The van der Waals surface area contributed by atoms with Crippen molar-refractivity contribution in [1.29, 1.82) is 0 Å². The Morgan fingerprint density at radius 2 is 2.13 bits per heavy atom. The molecule has 0 unspecified atom stereocenters. The van der Waals surface area contributed by atoms with Gasteiger partial charge in [-0.2, -0.15) is 4.98 Å². The van der Waals surface area contributed by atoms with Crippen LogP contribution in [-0.2, 0) is 31.6 Å². The molecule has 4 rings (SSSR count). The summed E-state index contributed by atoms with van der Waals surface area (Å²) < 4.78 is 36.7. The molecule has 2 fully saturated rings. The first-order valence-electron chi connectivity index (χ1n) is 9.93. The molecule has 0 radical (unpaired) electrons. The maximum Gasteiger partial charge on any atom is 0.246 e. The maximum atomic E-state index is 12.4. The van der Waals surface area contributed by atoms with Gasteiger partial charge in [-0.3, -0.25) is 4.79 Å². The van der Waals surface area contributed by atoms with Crippen LogP contribution in [0.5, 0.6) is 0 Å². The summed E-state index contributed by atoms with van der Waals surface area (Å²) in [7, 11) is -3.33. The molecule has 2 aliphatic rings. The summed E-state index contributed by atoms with van der Waals surface area (Å²) in [4.78, 5) is 16.8. The summed E-state index contributed by atoms with van der Waals surface area (Å²) in [6.45, 7) is 2.75. The second-order valence-corrected chi connectivity index (χ2v) is 10.2. The summed E-state index contributed by atoms with van der Waals surface area (Å²) in [5.74, 6) is 0.779. The molecule has 1 amide bonds. The molecule has 9 nitrogen and oxygen atoms in total. The molecule has 10 heteroatoms. The zero-order valence-corrected chi connectivity index (χ0v) is 17.9. The van der Waals surface area contributed by atoms with Gasteiger partial charge in [-0.15, -0.1) is 0 Å². The highest BCUT2D eigenvalue weighted by Crippen LogP contribution is 2.50. The Morgan fingerprint density at radius 1 is 1.37 bits per heavy atom. The molecule has 2 heterocycles. The van der Waals surface area contributed by atoms with E-state index in [1.54, 1.807) is 6.92 Å². The lowest BCUT2D eigenvalue weighted by molar-refractivity contribution is -0.126. The third-order valence-electron chi connectivity index (χ3n) is 5.98. The van der Waals surface area contributed by atoms with Gasteiger partial charge in [-0.05, 0) is 31.2 Å². The SMILES string of the molecule is Cc1noc([C@]23C[C@@H](NC(=O)COCc4ccccc4)C[C@H]2CN(S(C)(=O)=O)C3)n1. The minimum atomic E-state index is -3.33. The van der Waals surface area contributed by atoms with E-state index >= 15 is 0 Å². The first-order valence-corrected chi connectivity index (χ1v) is 11.8. The molecule has 1 aliphatic carbocycles. The molecule has 1 saturated carbocycles. The van der Waals surface area contributed by atoms with Crippen molar-refractivity contribution in [1.82, 2.24) is 19.8 Å². The van der Waals surface area contributed by atoms with E-state index in [1.807, 2.05) is 30.3 Å². The van der Waals surface area contributed by atoms with Gasteiger partial charge in [0, 0.05) is 19.1 Å². The van der Waals surface area contributed by atoms with E-state index < -0.39 is 15.4 Å². The maximum absolute atomic E-state index is 12.4. The van der Waals surface area contributed by atoms with Crippen LogP contribution in [0.2, 0.25) is 0 Å². The van der Waals surface area contributed by atoms with Crippen molar-refractivity contribution in [3.8, 4) is 0 Å². The smallest absolute Gasteiger partial charge is 0.246 e. The van der Waals surface area contributed by atoms with Gasteiger partial charge in [0.1, 0.15) is 6.61 Å². The van der Waals surface area contributed by atoms with Gasteiger partial charge in [0.05, 0.1) is 18.3 Å². The number of aromatic nitrogens is 2. The number of ether oxygens (including phenoxy) is 1. The Kier molecular flexibility index (Phi) is 5.65. The molecule has 2 aromatic rings. The lowest BCUT2D eigenvalue weighted by Gasteiger charge is -2.24. The molecule has 3 atom stereocenters. The number of hydrogen-bond donors (Lipinski definition) is 1. The highest BCUT2D eigenvalue weighted by molar-refractivity contribution is 7.88. The largest absolute Gasteiger partial charge is 0.367 e. The average molecular weight is 435 g/mol. The molecule has 1 aromatic carbocycles. The van der Waals surface area contributed by atoms with Crippen LogP contribution in [0.1, 0.15) is 30.1 Å². The average Bonchev–Trinajstić information content (AvgIpc) is 3.35. The van der Waals surface area contributed by atoms with Crippen molar-refractivity contribution >= 4 is 15.9 Å². The van der Waals surface area contributed by atoms with Crippen LogP contribution in [-0.4, -0.2) is 60.8 Å². The minimum Gasteiger partial charge on any atom is -0.367 e. The van der Waals surface area contributed by atoms with Crippen molar-refractivity contribution < 1.29 is 22.5 Å². The van der Waals surface area contributed by atoms with Gasteiger partial charge < -0.3 is 14.6 Å². The van der Waals surface area contributed by atoms with Crippen LogP contribution >= 0.6 is 0 Å². The number of aryl methyl sites for hydroxylation is 1. The summed E-state index contributed by atoms with van der Waals surface area (Å²) in [6.07, 6.45) is 2.41. The molecular formula is C20H26N4O5S. The monoisotopic (exact) mass is 434 g/mol. The fourth-order valence-corrected chi connectivity index (χ4v) is 5.54. The summed E-state index contributed by atoms with van der Waals surface area (Å²) >= 11 is 0. The number of sulfonamides is 1. The highest BCUT2D eigenvalue weighted by Gasteiger charge is 2.58. The fourth-order valence-electron chi connectivity index (χ4n) is 4.62. The van der Waals surface area contributed by atoms with E-state index in [0.29, 0.717) is 37.7 Å². The number of nitrogens with zero attached hydrogens (tertiary/aromatic N) is 3. The van der Waals surface area contributed by atoms with Crippen molar-refractivity contribution in [3.05, 3.63) is 47.6 Å². The van der Waals surface area contributed by atoms with Crippen molar-refractivity contribution in [2.75, 3.05) is 26.0 Å². The zero-order chi connectivity index (χ0) is 21.4. The Hall–Kier alpha value is -2.30. The molecule has 0 spiro atoms. The third kappa shape index (κ3) is 4.26. The van der Waals surface area contributed by atoms with Crippen LogP contribution in [0.25, 0.3) is 0 Å². The van der Waals surface area contributed by atoms with Crippen molar-refractivity contribution in [2.45, 2.75) is 37.8 Å². The quantitative estimate of drug-likeness (QED) is 0.691. The molecule has 162 valence electrons. The van der Waals surface area contributed by atoms with Gasteiger partial charge in [-0.25, -0.2) is 12.7 Å². The van der Waals surface area contributed by atoms with Gasteiger partial charge in [-0.1, -0.05) is 35.5 Å². The predicted molar refractivity (Wildman–Crippen MR) is 108 cm³/mol. The van der Waals surface area contributed by atoms with Crippen LogP contribution in [0.3, 0.4) is 0 Å². The number of rotatable bonds is 7. The molecule has 1 aromatic heterocycles. The number of hydrogen-bond acceptors (Lipinski definition) is 7. The van der Waals surface area contributed by atoms with Crippen LogP contribution in [0, 0.1) is 12.8 Å². The van der Waals surface area contributed by atoms with E-state index in [-0.39, 0.29) is 31.0 Å². The van der Waals surface area contributed by atoms with E-state index in [9.17, 15) is 13.2 Å². The number of fused-ring (bicyclic) bond motifs is 1. The van der Waals surface area contributed by atoms with Crippen LogP contribution in [0.15, 0.2) is 34.9 Å². The molecule has 0 bridgehead atoms. The molecule has 30 heavy (non-hydrogen) atoms. The summed E-state index contributed by atoms with van der Waals surface area (Å²) in [5.41, 5.74) is 0.431. The van der Waals surface area contributed by atoms with Gasteiger partial charge in [0.15, 0.2) is 5.82 Å². The van der Waals surface area contributed by atoms with Gasteiger partial charge in [0.25, 0.3) is 0 Å². The molecule has 1 N–H and O–H groups in total. The topological polar surface area (TPSA) is 115 Å². The summed E-state index contributed by atoms with van der Waals surface area (Å²) in [6, 6.07) is 9.57. The Bertz CT molecular complexity index is 1010.